The zero-order valence-corrected chi connectivity index (χ0v) is 16.1. The van der Waals surface area contributed by atoms with Crippen LogP contribution in [0.4, 0.5) is 0 Å². The van der Waals surface area contributed by atoms with Crippen LogP contribution in [0.1, 0.15) is 49.1 Å². The normalized spacial score (nSPS) is 13.8. The van der Waals surface area contributed by atoms with Gasteiger partial charge in [0.25, 0.3) is 0 Å². The fourth-order valence-corrected chi connectivity index (χ4v) is 3.27. The van der Waals surface area contributed by atoms with Crippen molar-refractivity contribution in [3.05, 3.63) is 70.8 Å². The maximum atomic E-state index is 9.76. The lowest BCUT2D eigenvalue weighted by atomic mass is 9.95. The Labute approximate surface area is 153 Å². The SMILES string of the molecule is Cc1ccccc1CC(CO)CNC(C)c1cccc(CC(C)C)c1. The predicted molar refractivity (Wildman–Crippen MR) is 107 cm³/mol. The van der Waals surface area contributed by atoms with Gasteiger partial charge in [0.05, 0.1) is 0 Å². The number of benzene rings is 2. The molecular formula is C23H33NO. The van der Waals surface area contributed by atoms with E-state index < -0.39 is 0 Å². The second-order valence-corrected chi connectivity index (χ2v) is 7.65. The molecule has 0 heterocycles. The van der Waals surface area contributed by atoms with Gasteiger partial charge < -0.3 is 10.4 Å². The van der Waals surface area contributed by atoms with E-state index in [-0.39, 0.29) is 18.6 Å². The van der Waals surface area contributed by atoms with Gasteiger partial charge >= 0.3 is 0 Å². The van der Waals surface area contributed by atoms with Crippen molar-refractivity contribution in [3.8, 4) is 0 Å². The Kier molecular flexibility index (Phi) is 7.67. The van der Waals surface area contributed by atoms with Crippen LogP contribution >= 0.6 is 0 Å². The number of nitrogens with one attached hydrogen (secondary N) is 1. The van der Waals surface area contributed by atoms with Gasteiger partial charge in [0.2, 0.25) is 0 Å². The van der Waals surface area contributed by atoms with Crippen molar-refractivity contribution in [1.82, 2.24) is 5.32 Å². The van der Waals surface area contributed by atoms with Crippen molar-refractivity contribution in [3.63, 3.8) is 0 Å². The van der Waals surface area contributed by atoms with Gasteiger partial charge in [-0.15, -0.1) is 0 Å². The molecule has 2 aromatic carbocycles. The Bertz CT molecular complexity index is 650. The average Bonchev–Trinajstić information content (AvgIpc) is 2.59. The molecule has 0 saturated heterocycles. The number of aliphatic hydroxyl groups is 1. The van der Waals surface area contributed by atoms with Crippen LogP contribution in [0, 0.1) is 18.8 Å². The lowest BCUT2D eigenvalue weighted by Crippen LogP contribution is -2.29. The summed E-state index contributed by atoms with van der Waals surface area (Å²) in [4.78, 5) is 0. The molecular weight excluding hydrogens is 306 g/mol. The summed E-state index contributed by atoms with van der Waals surface area (Å²) < 4.78 is 0. The molecule has 0 bridgehead atoms. The Morgan fingerprint density at radius 2 is 1.72 bits per heavy atom. The number of aliphatic hydroxyl groups excluding tert-OH is 1. The lowest BCUT2D eigenvalue weighted by Gasteiger charge is -2.21. The Morgan fingerprint density at radius 1 is 0.960 bits per heavy atom. The standard InChI is InChI=1S/C23H33NO/c1-17(2)12-20-9-7-11-23(13-20)19(4)24-15-21(16-25)14-22-10-6-5-8-18(22)3/h5-11,13,17,19,21,24-25H,12,14-16H2,1-4H3. The second kappa shape index (κ2) is 9.74. The third-order valence-electron chi connectivity index (χ3n) is 4.84. The van der Waals surface area contributed by atoms with Crippen LogP contribution in [-0.4, -0.2) is 18.3 Å². The zero-order valence-electron chi connectivity index (χ0n) is 16.1. The van der Waals surface area contributed by atoms with Crippen LogP contribution in [0.2, 0.25) is 0 Å². The first kappa shape index (κ1) is 19.7. The predicted octanol–water partition coefficient (Wildman–Crippen LogP) is 4.70. The molecule has 0 fully saturated rings. The van der Waals surface area contributed by atoms with Crippen molar-refractivity contribution in [2.45, 2.75) is 46.6 Å². The molecule has 2 atom stereocenters. The van der Waals surface area contributed by atoms with E-state index in [1.54, 1.807) is 0 Å². The highest BCUT2D eigenvalue weighted by Crippen LogP contribution is 2.18. The molecule has 136 valence electrons. The molecule has 0 radical (unpaired) electrons. The molecule has 0 amide bonds. The van der Waals surface area contributed by atoms with E-state index in [9.17, 15) is 5.11 Å². The minimum Gasteiger partial charge on any atom is -0.396 e. The molecule has 0 aliphatic rings. The number of aryl methyl sites for hydroxylation is 1. The maximum absolute atomic E-state index is 9.76. The van der Waals surface area contributed by atoms with Crippen molar-refractivity contribution in [2.75, 3.05) is 13.2 Å². The van der Waals surface area contributed by atoms with Crippen LogP contribution in [0.5, 0.6) is 0 Å². The van der Waals surface area contributed by atoms with Crippen molar-refractivity contribution >= 4 is 0 Å². The number of hydrogen-bond donors (Lipinski definition) is 2. The number of hydrogen-bond acceptors (Lipinski definition) is 2. The molecule has 25 heavy (non-hydrogen) atoms. The molecule has 0 spiro atoms. The van der Waals surface area contributed by atoms with Crippen molar-refractivity contribution in [1.29, 1.82) is 0 Å². The van der Waals surface area contributed by atoms with Crippen molar-refractivity contribution < 1.29 is 5.11 Å². The quantitative estimate of drug-likeness (QED) is 0.694. The van der Waals surface area contributed by atoms with E-state index in [2.05, 4.69) is 81.5 Å². The molecule has 0 saturated carbocycles. The Hall–Kier alpha value is -1.64. The maximum Gasteiger partial charge on any atom is 0.0474 e. The monoisotopic (exact) mass is 339 g/mol. The molecule has 0 aliphatic heterocycles. The van der Waals surface area contributed by atoms with Crippen LogP contribution in [-0.2, 0) is 12.8 Å². The summed E-state index contributed by atoms with van der Waals surface area (Å²) in [5.74, 6) is 0.911. The Morgan fingerprint density at radius 3 is 2.40 bits per heavy atom. The molecule has 2 rings (SSSR count). The second-order valence-electron chi connectivity index (χ2n) is 7.65. The summed E-state index contributed by atoms with van der Waals surface area (Å²) in [7, 11) is 0. The van der Waals surface area contributed by atoms with Crippen LogP contribution < -0.4 is 5.32 Å². The van der Waals surface area contributed by atoms with E-state index in [4.69, 9.17) is 0 Å². The third kappa shape index (κ3) is 6.30. The molecule has 0 aliphatic carbocycles. The molecule has 2 nitrogen and oxygen atoms in total. The largest absolute Gasteiger partial charge is 0.396 e. The van der Waals surface area contributed by atoms with E-state index in [1.165, 1.54) is 22.3 Å². The molecule has 2 aromatic rings. The van der Waals surface area contributed by atoms with E-state index in [0.717, 1.165) is 19.4 Å². The first-order valence-corrected chi connectivity index (χ1v) is 9.47. The van der Waals surface area contributed by atoms with Crippen LogP contribution in [0.25, 0.3) is 0 Å². The minimum absolute atomic E-state index is 0.210. The van der Waals surface area contributed by atoms with Gasteiger partial charge in [-0.05, 0) is 60.8 Å². The first-order valence-electron chi connectivity index (χ1n) is 9.47. The topological polar surface area (TPSA) is 32.3 Å². The fourth-order valence-electron chi connectivity index (χ4n) is 3.27. The highest BCUT2D eigenvalue weighted by molar-refractivity contribution is 5.27. The van der Waals surface area contributed by atoms with Crippen LogP contribution in [0.3, 0.4) is 0 Å². The van der Waals surface area contributed by atoms with E-state index in [0.29, 0.717) is 5.92 Å². The summed E-state index contributed by atoms with van der Waals surface area (Å²) in [5, 5.41) is 13.4. The molecule has 2 N–H and O–H groups in total. The van der Waals surface area contributed by atoms with Gasteiger partial charge in [-0.2, -0.15) is 0 Å². The van der Waals surface area contributed by atoms with Gasteiger partial charge in [0.1, 0.15) is 0 Å². The van der Waals surface area contributed by atoms with Gasteiger partial charge in [-0.3, -0.25) is 0 Å². The first-order chi connectivity index (χ1) is 12.0. The van der Waals surface area contributed by atoms with Gasteiger partial charge in [0.15, 0.2) is 0 Å². The lowest BCUT2D eigenvalue weighted by molar-refractivity contribution is 0.218. The average molecular weight is 340 g/mol. The molecule has 2 heteroatoms. The summed E-state index contributed by atoms with van der Waals surface area (Å²) >= 11 is 0. The summed E-state index contributed by atoms with van der Waals surface area (Å²) in [5.41, 5.74) is 5.36. The highest BCUT2D eigenvalue weighted by atomic mass is 16.3. The number of rotatable bonds is 9. The van der Waals surface area contributed by atoms with Gasteiger partial charge in [-0.1, -0.05) is 62.4 Å². The summed E-state index contributed by atoms with van der Waals surface area (Å²) in [6, 6.07) is 17.6. The minimum atomic E-state index is 0.210. The Balaban J connectivity index is 1.93. The third-order valence-corrected chi connectivity index (χ3v) is 4.84. The van der Waals surface area contributed by atoms with Crippen molar-refractivity contribution in [2.24, 2.45) is 11.8 Å². The van der Waals surface area contributed by atoms with Gasteiger partial charge in [0, 0.05) is 19.2 Å². The smallest absolute Gasteiger partial charge is 0.0474 e. The van der Waals surface area contributed by atoms with E-state index in [1.807, 2.05) is 0 Å². The summed E-state index contributed by atoms with van der Waals surface area (Å²) in [6.07, 6.45) is 2.03. The molecule has 2 unspecified atom stereocenters. The molecule has 0 aromatic heterocycles. The van der Waals surface area contributed by atoms with Gasteiger partial charge in [-0.25, -0.2) is 0 Å². The van der Waals surface area contributed by atoms with Crippen LogP contribution in [0.15, 0.2) is 48.5 Å². The zero-order chi connectivity index (χ0) is 18.2. The summed E-state index contributed by atoms with van der Waals surface area (Å²) in [6.45, 7) is 9.89. The fraction of sp³-hybridized carbons (Fsp3) is 0.478. The van der Waals surface area contributed by atoms with E-state index >= 15 is 0 Å². The highest BCUT2D eigenvalue weighted by Gasteiger charge is 2.13.